The number of hydrogen-bond donors (Lipinski definition) is 1. The number of halogens is 2. The van der Waals surface area contributed by atoms with Crippen molar-refractivity contribution in [3.8, 4) is 5.88 Å². The van der Waals surface area contributed by atoms with Gasteiger partial charge in [-0.05, 0) is 43.7 Å². The van der Waals surface area contributed by atoms with E-state index in [1.54, 1.807) is 18.3 Å². The zero-order valence-electron chi connectivity index (χ0n) is 11.4. The van der Waals surface area contributed by atoms with E-state index in [4.69, 9.17) is 16.3 Å². The Balaban J connectivity index is 2.18. The summed E-state index contributed by atoms with van der Waals surface area (Å²) in [5, 5.41) is 3.38. The van der Waals surface area contributed by atoms with Crippen molar-refractivity contribution in [2.75, 3.05) is 11.9 Å². The molecule has 106 valence electrons. The first-order valence-corrected chi connectivity index (χ1v) is 6.79. The zero-order chi connectivity index (χ0) is 14.5. The second kappa shape index (κ2) is 6.57. The maximum atomic E-state index is 13.5. The van der Waals surface area contributed by atoms with E-state index in [1.165, 1.54) is 6.07 Å². The highest BCUT2D eigenvalue weighted by Crippen LogP contribution is 2.27. The average molecular weight is 295 g/mol. The van der Waals surface area contributed by atoms with Gasteiger partial charge < -0.3 is 10.1 Å². The van der Waals surface area contributed by atoms with Crippen LogP contribution in [0.15, 0.2) is 36.5 Å². The summed E-state index contributed by atoms with van der Waals surface area (Å²) in [5.41, 5.74) is 1.58. The van der Waals surface area contributed by atoms with Crippen molar-refractivity contribution in [3.05, 3.63) is 52.9 Å². The third kappa shape index (κ3) is 3.39. The summed E-state index contributed by atoms with van der Waals surface area (Å²) in [6.07, 6.45) is 1.67. The Kier molecular flexibility index (Phi) is 4.79. The van der Waals surface area contributed by atoms with Gasteiger partial charge in [0, 0.05) is 12.2 Å². The van der Waals surface area contributed by atoms with Crippen LogP contribution < -0.4 is 10.1 Å². The fraction of sp³-hybridized carbons (Fsp3) is 0.267. The first-order valence-electron chi connectivity index (χ1n) is 6.41. The van der Waals surface area contributed by atoms with Gasteiger partial charge in [-0.2, -0.15) is 0 Å². The van der Waals surface area contributed by atoms with Crippen LogP contribution in [-0.2, 0) is 0 Å². The molecule has 1 aromatic heterocycles. The molecule has 1 atom stereocenters. The van der Waals surface area contributed by atoms with E-state index in [0.29, 0.717) is 12.5 Å². The van der Waals surface area contributed by atoms with Crippen LogP contribution in [0.1, 0.15) is 25.5 Å². The van der Waals surface area contributed by atoms with E-state index in [1.807, 2.05) is 26.0 Å². The Morgan fingerprint density at radius 3 is 2.90 bits per heavy atom. The number of pyridine rings is 1. The summed E-state index contributed by atoms with van der Waals surface area (Å²) in [4.78, 5) is 4.17. The molecule has 2 aromatic rings. The quantitative estimate of drug-likeness (QED) is 0.885. The number of aromatic nitrogens is 1. The summed E-state index contributed by atoms with van der Waals surface area (Å²) >= 11 is 5.69. The molecule has 0 aliphatic rings. The van der Waals surface area contributed by atoms with Crippen molar-refractivity contribution in [2.45, 2.75) is 19.9 Å². The van der Waals surface area contributed by atoms with E-state index < -0.39 is 5.82 Å². The van der Waals surface area contributed by atoms with Gasteiger partial charge in [0.2, 0.25) is 5.88 Å². The van der Waals surface area contributed by atoms with Crippen LogP contribution in [0, 0.1) is 5.82 Å². The molecular weight excluding hydrogens is 279 g/mol. The average Bonchev–Trinajstić information content (AvgIpc) is 2.44. The molecule has 0 fully saturated rings. The van der Waals surface area contributed by atoms with Crippen LogP contribution in [0.25, 0.3) is 0 Å². The number of ether oxygens (including phenoxy) is 1. The number of benzene rings is 1. The molecule has 0 amide bonds. The van der Waals surface area contributed by atoms with Gasteiger partial charge in [0.15, 0.2) is 0 Å². The summed E-state index contributed by atoms with van der Waals surface area (Å²) in [6.45, 7) is 4.37. The lowest BCUT2D eigenvalue weighted by Gasteiger charge is -2.17. The smallest absolute Gasteiger partial charge is 0.237 e. The molecule has 5 heteroatoms. The van der Waals surface area contributed by atoms with E-state index in [9.17, 15) is 4.39 Å². The number of nitrogens with one attached hydrogen (secondary N) is 1. The van der Waals surface area contributed by atoms with E-state index in [2.05, 4.69) is 10.3 Å². The van der Waals surface area contributed by atoms with Gasteiger partial charge in [0.1, 0.15) is 5.82 Å². The highest BCUT2D eigenvalue weighted by Gasteiger charge is 2.11. The first kappa shape index (κ1) is 14.6. The Morgan fingerprint density at radius 1 is 1.40 bits per heavy atom. The van der Waals surface area contributed by atoms with Gasteiger partial charge in [0.25, 0.3) is 0 Å². The van der Waals surface area contributed by atoms with Crippen LogP contribution in [0.4, 0.5) is 10.1 Å². The SMILES string of the molecule is CCOc1ncccc1NC(C)c1ccc(Cl)c(F)c1. The summed E-state index contributed by atoms with van der Waals surface area (Å²) in [5.74, 6) is 0.116. The Morgan fingerprint density at radius 2 is 2.20 bits per heavy atom. The van der Waals surface area contributed by atoms with Crippen molar-refractivity contribution < 1.29 is 9.13 Å². The highest BCUT2D eigenvalue weighted by molar-refractivity contribution is 6.30. The monoisotopic (exact) mass is 294 g/mol. The van der Waals surface area contributed by atoms with E-state index >= 15 is 0 Å². The van der Waals surface area contributed by atoms with Crippen LogP contribution in [0.5, 0.6) is 5.88 Å². The molecular formula is C15H16ClFN2O. The Bertz CT molecular complexity index is 592. The first-order chi connectivity index (χ1) is 9.61. The van der Waals surface area contributed by atoms with E-state index in [-0.39, 0.29) is 11.1 Å². The molecule has 1 aromatic carbocycles. The van der Waals surface area contributed by atoms with Crippen molar-refractivity contribution in [1.29, 1.82) is 0 Å². The minimum Gasteiger partial charge on any atom is -0.476 e. The molecule has 2 rings (SSSR count). The second-order valence-electron chi connectivity index (χ2n) is 4.33. The molecule has 0 saturated carbocycles. The third-order valence-electron chi connectivity index (χ3n) is 2.87. The molecule has 1 heterocycles. The predicted molar refractivity (Wildman–Crippen MR) is 78.9 cm³/mol. The second-order valence-corrected chi connectivity index (χ2v) is 4.74. The number of nitrogens with zero attached hydrogens (tertiary/aromatic N) is 1. The number of hydrogen-bond acceptors (Lipinski definition) is 3. The standard InChI is InChI=1S/C15H16ClFN2O/c1-3-20-15-14(5-4-8-18-15)19-10(2)11-6-7-12(16)13(17)9-11/h4-10,19H,3H2,1-2H3. The predicted octanol–water partition coefficient (Wildman–Crippen LogP) is 4.45. The van der Waals surface area contributed by atoms with Crippen LogP contribution in [-0.4, -0.2) is 11.6 Å². The van der Waals surface area contributed by atoms with Crippen LogP contribution in [0.2, 0.25) is 5.02 Å². The summed E-state index contributed by atoms with van der Waals surface area (Å²) in [7, 11) is 0. The maximum absolute atomic E-state index is 13.5. The maximum Gasteiger partial charge on any atom is 0.237 e. The molecule has 20 heavy (non-hydrogen) atoms. The van der Waals surface area contributed by atoms with Crippen molar-refractivity contribution >= 4 is 17.3 Å². The van der Waals surface area contributed by atoms with Gasteiger partial charge in [-0.1, -0.05) is 17.7 Å². The lowest BCUT2D eigenvalue weighted by atomic mass is 10.1. The van der Waals surface area contributed by atoms with Gasteiger partial charge in [0.05, 0.1) is 17.3 Å². The summed E-state index contributed by atoms with van der Waals surface area (Å²) < 4.78 is 18.9. The van der Waals surface area contributed by atoms with Crippen molar-refractivity contribution in [1.82, 2.24) is 4.98 Å². The molecule has 0 saturated heterocycles. The largest absolute Gasteiger partial charge is 0.476 e. The van der Waals surface area contributed by atoms with Gasteiger partial charge in [-0.15, -0.1) is 0 Å². The Hall–Kier alpha value is -1.81. The van der Waals surface area contributed by atoms with Gasteiger partial charge in [-0.25, -0.2) is 9.37 Å². The summed E-state index contributed by atoms with van der Waals surface area (Å²) in [6, 6.07) is 8.37. The lowest BCUT2D eigenvalue weighted by Crippen LogP contribution is -2.09. The zero-order valence-corrected chi connectivity index (χ0v) is 12.1. The number of rotatable bonds is 5. The molecule has 0 spiro atoms. The van der Waals surface area contributed by atoms with Crippen LogP contribution in [0.3, 0.4) is 0 Å². The molecule has 0 radical (unpaired) electrons. The molecule has 0 aliphatic carbocycles. The topological polar surface area (TPSA) is 34.1 Å². The third-order valence-corrected chi connectivity index (χ3v) is 3.17. The molecule has 1 N–H and O–H groups in total. The van der Waals surface area contributed by atoms with E-state index in [0.717, 1.165) is 11.3 Å². The van der Waals surface area contributed by atoms with Crippen molar-refractivity contribution in [2.24, 2.45) is 0 Å². The Labute approximate surface area is 122 Å². The molecule has 0 aliphatic heterocycles. The normalized spacial score (nSPS) is 12.0. The van der Waals surface area contributed by atoms with Crippen molar-refractivity contribution in [3.63, 3.8) is 0 Å². The fourth-order valence-corrected chi connectivity index (χ4v) is 1.97. The minimum absolute atomic E-state index is 0.0924. The highest BCUT2D eigenvalue weighted by atomic mass is 35.5. The van der Waals surface area contributed by atoms with Crippen LogP contribution >= 0.6 is 11.6 Å². The number of anilines is 1. The minimum atomic E-state index is -0.422. The molecule has 1 unspecified atom stereocenters. The van der Waals surface area contributed by atoms with Gasteiger partial charge in [-0.3, -0.25) is 0 Å². The fourth-order valence-electron chi connectivity index (χ4n) is 1.85. The molecule has 0 bridgehead atoms. The molecule has 3 nitrogen and oxygen atoms in total. The lowest BCUT2D eigenvalue weighted by molar-refractivity contribution is 0.328. The van der Waals surface area contributed by atoms with Gasteiger partial charge >= 0.3 is 0 Å².